The third-order valence-corrected chi connectivity index (χ3v) is 4.59. The Hall–Kier alpha value is -3.26. The van der Waals surface area contributed by atoms with Crippen molar-refractivity contribution in [2.24, 2.45) is 0 Å². The van der Waals surface area contributed by atoms with E-state index in [9.17, 15) is 0 Å². The van der Waals surface area contributed by atoms with Crippen LogP contribution in [0.15, 0.2) is 78.9 Å². The number of hydrogen-bond donors (Lipinski definition) is 0. The van der Waals surface area contributed by atoms with E-state index >= 15 is 0 Å². The van der Waals surface area contributed by atoms with Gasteiger partial charge in [0.25, 0.3) is 0 Å². The number of aryl methyl sites for hydroxylation is 3. The van der Waals surface area contributed by atoms with E-state index in [1.54, 1.807) is 0 Å². The molecule has 0 atom stereocenters. The van der Waals surface area contributed by atoms with Crippen molar-refractivity contribution in [1.29, 1.82) is 0 Å². The second kappa shape index (κ2) is 7.16. The van der Waals surface area contributed by atoms with Crippen LogP contribution in [-0.2, 0) is 0 Å². The summed E-state index contributed by atoms with van der Waals surface area (Å²) in [6, 6.07) is 27.3. The first-order valence-electron chi connectivity index (χ1n) is 9.19. The molecule has 0 spiro atoms. The molecule has 3 aromatic carbocycles. The van der Waals surface area contributed by atoms with Gasteiger partial charge in [-0.3, -0.25) is 0 Å². The molecule has 0 radical (unpaired) electrons. The quantitative estimate of drug-likeness (QED) is 0.427. The smallest absolute Gasteiger partial charge is 0.160 e. The van der Waals surface area contributed by atoms with Crippen LogP contribution < -0.4 is 0 Å². The average Bonchev–Trinajstić information content (AvgIpc) is 2.67. The molecule has 4 rings (SSSR count). The van der Waals surface area contributed by atoms with E-state index in [1.807, 2.05) is 18.2 Å². The fourth-order valence-electron chi connectivity index (χ4n) is 3.39. The van der Waals surface area contributed by atoms with Crippen LogP contribution in [-0.4, -0.2) is 9.97 Å². The summed E-state index contributed by atoms with van der Waals surface area (Å²) >= 11 is 0. The van der Waals surface area contributed by atoms with Crippen LogP contribution in [0.1, 0.15) is 16.7 Å². The molecule has 1 heterocycles. The van der Waals surface area contributed by atoms with Gasteiger partial charge in [-0.1, -0.05) is 71.3 Å². The van der Waals surface area contributed by atoms with Gasteiger partial charge < -0.3 is 0 Å². The zero-order valence-corrected chi connectivity index (χ0v) is 15.9. The third-order valence-electron chi connectivity index (χ3n) is 4.59. The van der Waals surface area contributed by atoms with Gasteiger partial charge in [-0.15, -0.1) is 0 Å². The van der Waals surface area contributed by atoms with Crippen molar-refractivity contribution in [3.8, 4) is 33.9 Å². The van der Waals surface area contributed by atoms with Crippen LogP contribution in [0.2, 0.25) is 0 Å². The van der Waals surface area contributed by atoms with Gasteiger partial charge in [0, 0.05) is 16.7 Å². The first-order valence-corrected chi connectivity index (χ1v) is 9.19. The summed E-state index contributed by atoms with van der Waals surface area (Å²) in [5.74, 6) is 0.753. The highest BCUT2D eigenvalue weighted by Gasteiger charge is 2.11. The molecule has 0 unspecified atom stereocenters. The lowest BCUT2D eigenvalue weighted by molar-refractivity contribution is 1.18. The number of aromatic nitrogens is 2. The van der Waals surface area contributed by atoms with Crippen molar-refractivity contribution >= 4 is 0 Å². The van der Waals surface area contributed by atoms with Crippen molar-refractivity contribution in [2.75, 3.05) is 0 Å². The summed E-state index contributed by atoms with van der Waals surface area (Å²) in [6.45, 7) is 6.35. The lowest BCUT2D eigenvalue weighted by Gasteiger charge is -2.11. The summed E-state index contributed by atoms with van der Waals surface area (Å²) in [5, 5.41) is 0. The van der Waals surface area contributed by atoms with Gasteiger partial charge in [0.2, 0.25) is 0 Å². The van der Waals surface area contributed by atoms with Crippen molar-refractivity contribution in [1.82, 2.24) is 9.97 Å². The number of rotatable bonds is 3. The van der Waals surface area contributed by atoms with E-state index < -0.39 is 0 Å². The highest BCUT2D eigenvalue weighted by Crippen LogP contribution is 2.28. The van der Waals surface area contributed by atoms with Gasteiger partial charge in [0.05, 0.1) is 11.4 Å². The number of benzene rings is 3. The average molecular weight is 350 g/mol. The zero-order chi connectivity index (χ0) is 18.8. The minimum Gasteiger partial charge on any atom is -0.228 e. The first-order chi connectivity index (χ1) is 13.1. The fraction of sp³-hybridized carbons (Fsp3) is 0.120. The van der Waals surface area contributed by atoms with Crippen molar-refractivity contribution in [3.05, 3.63) is 95.6 Å². The molecule has 0 N–H and O–H groups in total. The van der Waals surface area contributed by atoms with Gasteiger partial charge in [-0.25, -0.2) is 9.97 Å². The molecule has 0 amide bonds. The fourth-order valence-corrected chi connectivity index (χ4v) is 3.39. The SMILES string of the molecule is Cc1cccc(-c2cc(-c3cc(C)cc(C)c3)nc(-c3ccccc3)n2)c1. The van der Waals surface area contributed by atoms with Crippen molar-refractivity contribution in [3.63, 3.8) is 0 Å². The Balaban J connectivity index is 1.94. The molecule has 0 bridgehead atoms. The third kappa shape index (κ3) is 3.80. The summed E-state index contributed by atoms with van der Waals surface area (Å²) < 4.78 is 0. The monoisotopic (exact) mass is 350 g/mol. The molecule has 0 aliphatic heterocycles. The topological polar surface area (TPSA) is 25.8 Å². The minimum absolute atomic E-state index is 0.753. The highest BCUT2D eigenvalue weighted by atomic mass is 14.9. The maximum absolute atomic E-state index is 4.89. The van der Waals surface area contributed by atoms with Crippen LogP contribution in [0.3, 0.4) is 0 Å². The summed E-state index contributed by atoms with van der Waals surface area (Å²) in [4.78, 5) is 9.77. The normalized spacial score (nSPS) is 10.8. The molecule has 4 aromatic rings. The van der Waals surface area contributed by atoms with E-state index in [-0.39, 0.29) is 0 Å². The van der Waals surface area contributed by atoms with Crippen molar-refractivity contribution in [2.45, 2.75) is 20.8 Å². The molecule has 0 saturated heterocycles. The van der Waals surface area contributed by atoms with E-state index in [2.05, 4.69) is 81.4 Å². The Labute approximate surface area is 160 Å². The maximum Gasteiger partial charge on any atom is 0.160 e. The molecule has 132 valence electrons. The minimum atomic E-state index is 0.753. The van der Waals surface area contributed by atoms with Crippen LogP contribution in [0.25, 0.3) is 33.9 Å². The van der Waals surface area contributed by atoms with E-state index in [1.165, 1.54) is 16.7 Å². The van der Waals surface area contributed by atoms with E-state index in [4.69, 9.17) is 9.97 Å². The van der Waals surface area contributed by atoms with E-state index in [0.717, 1.165) is 33.9 Å². The molecule has 2 heteroatoms. The molecular formula is C25H22N2. The van der Waals surface area contributed by atoms with Gasteiger partial charge in [-0.2, -0.15) is 0 Å². The Morgan fingerprint density at radius 1 is 0.481 bits per heavy atom. The lowest BCUT2D eigenvalue weighted by atomic mass is 10.0. The summed E-state index contributed by atoms with van der Waals surface area (Å²) in [6.07, 6.45) is 0. The second-order valence-electron chi connectivity index (χ2n) is 7.07. The molecule has 0 fully saturated rings. The standard InChI is InChI=1S/C25H22N2/c1-17-8-7-11-21(13-17)23-16-24(22-14-18(2)12-19(3)15-22)27-25(26-23)20-9-5-4-6-10-20/h4-16H,1-3H3. The summed E-state index contributed by atoms with van der Waals surface area (Å²) in [5.41, 5.74) is 8.86. The van der Waals surface area contributed by atoms with Gasteiger partial charge >= 0.3 is 0 Å². The maximum atomic E-state index is 4.89. The zero-order valence-electron chi connectivity index (χ0n) is 15.9. The Kier molecular flexibility index (Phi) is 4.55. The second-order valence-corrected chi connectivity index (χ2v) is 7.07. The molecular weight excluding hydrogens is 328 g/mol. The first kappa shape index (κ1) is 17.2. The van der Waals surface area contributed by atoms with Crippen molar-refractivity contribution < 1.29 is 0 Å². The van der Waals surface area contributed by atoms with Gasteiger partial charge in [0.15, 0.2) is 5.82 Å². The molecule has 0 aliphatic carbocycles. The largest absolute Gasteiger partial charge is 0.228 e. The van der Waals surface area contributed by atoms with Gasteiger partial charge in [-0.05, 0) is 45.0 Å². The summed E-state index contributed by atoms with van der Waals surface area (Å²) in [7, 11) is 0. The lowest BCUT2D eigenvalue weighted by Crippen LogP contribution is -1.96. The Bertz CT molecular complexity index is 1080. The Morgan fingerprint density at radius 3 is 1.74 bits per heavy atom. The van der Waals surface area contributed by atoms with E-state index in [0.29, 0.717) is 0 Å². The number of nitrogens with zero attached hydrogens (tertiary/aromatic N) is 2. The number of hydrogen-bond acceptors (Lipinski definition) is 2. The van der Waals surface area contributed by atoms with Gasteiger partial charge in [0.1, 0.15) is 0 Å². The highest BCUT2D eigenvalue weighted by molar-refractivity contribution is 5.72. The Morgan fingerprint density at radius 2 is 1.07 bits per heavy atom. The van der Waals surface area contributed by atoms with Crippen LogP contribution in [0.4, 0.5) is 0 Å². The molecule has 27 heavy (non-hydrogen) atoms. The van der Waals surface area contributed by atoms with Crippen LogP contribution >= 0.6 is 0 Å². The molecule has 0 aliphatic rings. The van der Waals surface area contributed by atoms with Crippen LogP contribution in [0.5, 0.6) is 0 Å². The predicted molar refractivity (Wildman–Crippen MR) is 113 cm³/mol. The predicted octanol–water partition coefficient (Wildman–Crippen LogP) is 6.40. The molecule has 1 aromatic heterocycles. The van der Waals surface area contributed by atoms with Crippen LogP contribution in [0, 0.1) is 20.8 Å². The molecule has 2 nitrogen and oxygen atoms in total. The molecule has 0 saturated carbocycles.